The van der Waals surface area contributed by atoms with Crippen molar-refractivity contribution < 1.29 is 9.59 Å². The van der Waals surface area contributed by atoms with Gasteiger partial charge in [0.2, 0.25) is 10.2 Å². The molecule has 0 atom stereocenters. The van der Waals surface area contributed by atoms with Crippen molar-refractivity contribution >= 4 is 34.4 Å². The van der Waals surface area contributed by atoms with Gasteiger partial charge in [-0.15, -0.1) is 12.4 Å². The van der Waals surface area contributed by atoms with Crippen LogP contribution in [-0.4, -0.2) is 10.2 Å². The molecule has 18 heavy (non-hydrogen) atoms. The fraction of sp³-hybridized carbons (Fsp3) is 0. The van der Waals surface area contributed by atoms with Crippen LogP contribution in [0.25, 0.3) is 0 Å². The number of thioether (sulfide) groups is 1. The molecule has 0 aromatic heterocycles. The monoisotopic (exact) mass is 278 g/mol. The molecule has 0 aliphatic heterocycles. The maximum Gasteiger partial charge on any atom is 0.227 e. The average molecular weight is 279 g/mol. The van der Waals surface area contributed by atoms with Crippen LogP contribution in [0.15, 0.2) is 60.7 Å². The van der Waals surface area contributed by atoms with Crippen LogP contribution in [0.5, 0.6) is 0 Å². The number of carbonyl (C=O) groups is 2. The van der Waals surface area contributed by atoms with Crippen molar-refractivity contribution in [1.82, 2.24) is 0 Å². The normalized spacial score (nSPS) is 9.33. The topological polar surface area (TPSA) is 34.1 Å². The maximum atomic E-state index is 11.8. The number of halogens is 1. The summed E-state index contributed by atoms with van der Waals surface area (Å²) in [6, 6.07) is 17.6. The van der Waals surface area contributed by atoms with Crippen LogP contribution in [0, 0.1) is 0 Å². The predicted octanol–water partition coefficient (Wildman–Crippen LogP) is 3.82. The molecule has 92 valence electrons. The minimum Gasteiger partial charge on any atom is -0.281 e. The van der Waals surface area contributed by atoms with Gasteiger partial charge in [-0.2, -0.15) is 0 Å². The van der Waals surface area contributed by atoms with E-state index < -0.39 is 0 Å². The molecule has 0 heterocycles. The van der Waals surface area contributed by atoms with E-state index in [1.54, 1.807) is 48.5 Å². The summed E-state index contributed by atoms with van der Waals surface area (Å²) in [6.45, 7) is 0. The summed E-state index contributed by atoms with van der Waals surface area (Å²) in [5, 5.41) is -0.445. The van der Waals surface area contributed by atoms with Crippen LogP contribution in [0.3, 0.4) is 0 Å². The molecule has 2 aromatic carbocycles. The Morgan fingerprint density at radius 1 is 0.667 bits per heavy atom. The first-order valence-electron chi connectivity index (χ1n) is 5.14. The third-order valence-corrected chi connectivity index (χ3v) is 3.05. The molecule has 0 spiro atoms. The molecular formula is C14H11ClO2S. The molecule has 0 saturated heterocycles. The van der Waals surface area contributed by atoms with Crippen molar-refractivity contribution in [3.63, 3.8) is 0 Å². The van der Waals surface area contributed by atoms with Crippen LogP contribution in [-0.2, 0) is 0 Å². The lowest BCUT2D eigenvalue weighted by Gasteiger charge is -1.99. The van der Waals surface area contributed by atoms with Crippen LogP contribution < -0.4 is 0 Å². The number of rotatable bonds is 2. The maximum absolute atomic E-state index is 11.8. The van der Waals surface area contributed by atoms with Gasteiger partial charge in [-0.3, -0.25) is 9.59 Å². The molecule has 0 bridgehead atoms. The quantitative estimate of drug-likeness (QED) is 0.837. The minimum atomic E-state index is -0.223. The lowest BCUT2D eigenvalue weighted by atomic mass is 10.2. The number of hydrogen-bond acceptors (Lipinski definition) is 3. The van der Waals surface area contributed by atoms with Crippen molar-refractivity contribution in [1.29, 1.82) is 0 Å². The largest absolute Gasteiger partial charge is 0.281 e. The molecule has 2 rings (SSSR count). The van der Waals surface area contributed by atoms with Crippen LogP contribution in [0.1, 0.15) is 20.7 Å². The fourth-order valence-electron chi connectivity index (χ4n) is 1.35. The first-order chi connectivity index (χ1) is 8.27. The van der Waals surface area contributed by atoms with Gasteiger partial charge in [0.15, 0.2) is 0 Å². The summed E-state index contributed by atoms with van der Waals surface area (Å²) in [7, 11) is 0. The number of carbonyl (C=O) groups excluding carboxylic acids is 2. The van der Waals surface area contributed by atoms with Crippen molar-refractivity contribution in [3.8, 4) is 0 Å². The Kier molecular flexibility index (Phi) is 5.62. The van der Waals surface area contributed by atoms with E-state index in [1.165, 1.54) is 0 Å². The molecule has 0 aliphatic rings. The zero-order valence-electron chi connectivity index (χ0n) is 9.41. The van der Waals surface area contributed by atoms with E-state index in [9.17, 15) is 9.59 Å². The second-order valence-corrected chi connectivity index (χ2v) is 4.35. The van der Waals surface area contributed by atoms with Gasteiger partial charge in [0, 0.05) is 11.1 Å². The number of hydrogen-bond donors (Lipinski definition) is 0. The van der Waals surface area contributed by atoms with Gasteiger partial charge < -0.3 is 0 Å². The zero-order valence-corrected chi connectivity index (χ0v) is 11.0. The van der Waals surface area contributed by atoms with Crippen LogP contribution in [0.4, 0.5) is 0 Å². The smallest absolute Gasteiger partial charge is 0.227 e. The summed E-state index contributed by atoms with van der Waals surface area (Å²) >= 11 is 0.728. The van der Waals surface area contributed by atoms with Gasteiger partial charge in [-0.25, -0.2) is 0 Å². The molecule has 0 radical (unpaired) electrons. The lowest BCUT2D eigenvalue weighted by molar-refractivity contribution is 0.106. The van der Waals surface area contributed by atoms with E-state index in [0.717, 1.165) is 11.8 Å². The third-order valence-electron chi connectivity index (χ3n) is 2.20. The Morgan fingerprint density at radius 2 is 1.00 bits per heavy atom. The van der Waals surface area contributed by atoms with Gasteiger partial charge in [0.25, 0.3) is 0 Å². The molecule has 2 nitrogen and oxygen atoms in total. The molecule has 0 saturated carbocycles. The fourth-order valence-corrected chi connectivity index (χ4v) is 2.03. The van der Waals surface area contributed by atoms with Crippen LogP contribution in [0.2, 0.25) is 0 Å². The first kappa shape index (κ1) is 14.5. The molecule has 0 N–H and O–H groups in total. The van der Waals surface area contributed by atoms with Crippen LogP contribution >= 0.6 is 24.2 Å². The summed E-state index contributed by atoms with van der Waals surface area (Å²) in [5.41, 5.74) is 1.09. The highest BCUT2D eigenvalue weighted by molar-refractivity contribution is 8.26. The molecule has 0 unspecified atom stereocenters. The zero-order chi connectivity index (χ0) is 12.1. The third kappa shape index (κ3) is 3.72. The Morgan fingerprint density at radius 3 is 1.33 bits per heavy atom. The molecular weight excluding hydrogens is 268 g/mol. The molecule has 4 heteroatoms. The Labute approximate surface area is 116 Å². The highest BCUT2D eigenvalue weighted by Crippen LogP contribution is 2.17. The van der Waals surface area contributed by atoms with Gasteiger partial charge in [-0.1, -0.05) is 60.7 Å². The summed E-state index contributed by atoms with van der Waals surface area (Å²) in [4.78, 5) is 23.5. The first-order valence-corrected chi connectivity index (χ1v) is 5.95. The van der Waals surface area contributed by atoms with Gasteiger partial charge in [0.05, 0.1) is 0 Å². The average Bonchev–Trinajstić information content (AvgIpc) is 2.40. The summed E-state index contributed by atoms with van der Waals surface area (Å²) < 4.78 is 0. The van der Waals surface area contributed by atoms with Crippen molar-refractivity contribution in [2.75, 3.05) is 0 Å². The van der Waals surface area contributed by atoms with Gasteiger partial charge in [-0.05, 0) is 11.8 Å². The second-order valence-electron chi connectivity index (χ2n) is 3.41. The lowest BCUT2D eigenvalue weighted by Crippen LogP contribution is -2.00. The van der Waals surface area contributed by atoms with E-state index in [2.05, 4.69) is 0 Å². The van der Waals surface area contributed by atoms with Crippen molar-refractivity contribution in [2.24, 2.45) is 0 Å². The molecule has 0 amide bonds. The standard InChI is InChI=1S/C14H10O2S.ClH/c15-13(11-7-3-1-4-8-11)17-14(16)12-9-5-2-6-10-12;/h1-10H;1H. The Bertz CT molecular complexity index is 477. The Balaban J connectivity index is 0.00000162. The SMILES string of the molecule is Cl.O=C(SC(=O)c1ccccc1)c1ccccc1. The molecule has 0 fully saturated rings. The highest BCUT2D eigenvalue weighted by atomic mass is 35.5. The summed E-state index contributed by atoms with van der Waals surface area (Å²) in [6.07, 6.45) is 0. The predicted molar refractivity (Wildman–Crippen MR) is 76.4 cm³/mol. The highest BCUT2D eigenvalue weighted by Gasteiger charge is 2.13. The molecule has 0 aliphatic carbocycles. The van der Waals surface area contributed by atoms with E-state index in [4.69, 9.17) is 0 Å². The van der Waals surface area contributed by atoms with E-state index in [-0.39, 0.29) is 22.6 Å². The van der Waals surface area contributed by atoms with Gasteiger partial charge >= 0.3 is 0 Å². The van der Waals surface area contributed by atoms with Crippen molar-refractivity contribution in [3.05, 3.63) is 71.8 Å². The number of benzene rings is 2. The molecule has 2 aromatic rings. The van der Waals surface area contributed by atoms with E-state index >= 15 is 0 Å². The van der Waals surface area contributed by atoms with E-state index in [1.807, 2.05) is 12.1 Å². The Hall–Kier alpha value is -1.58. The van der Waals surface area contributed by atoms with Gasteiger partial charge in [0.1, 0.15) is 0 Å². The second kappa shape index (κ2) is 6.99. The minimum absolute atomic E-state index is 0. The summed E-state index contributed by atoms with van der Waals surface area (Å²) in [5.74, 6) is 0. The van der Waals surface area contributed by atoms with E-state index in [0.29, 0.717) is 11.1 Å². The van der Waals surface area contributed by atoms with Crippen molar-refractivity contribution in [2.45, 2.75) is 0 Å².